The summed E-state index contributed by atoms with van der Waals surface area (Å²) in [4.78, 5) is 22.9. The topological polar surface area (TPSA) is 93.2 Å². The molecule has 23 heavy (non-hydrogen) atoms. The molecule has 7 nitrogen and oxygen atoms in total. The standard InChI is InChI=1S/C16H18N4O3/c1-10-7-16(20-19-11(10)2)23-9-15(22)18-14-6-4-5-13(8-14)17-12(3)21/h4-8H,9H2,1-3H3,(H,17,21)(H,18,22). The van der Waals surface area contributed by atoms with Gasteiger partial charge in [0.05, 0.1) is 5.69 Å². The molecule has 7 heteroatoms. The molecule has 1 aromatic carbocycles. The number of hydrogen-bond acceptors (Lipinski definition) is 5. The number of nitrogens with one attached hydrogen (secondary N) is 2. The third kappa shape index (κ3) is 5.06. The number of hydrogen-bond donors (Lipinski definition) is 2. The fourth-order valence-corrected chi connectivity index (χ4v) is 1.81. The van der Waals surface area contributed by atoms with Crippen molar-refractivity contribution < 1.29 is 14.3 Å². The van der Waals surface area contributed by atoms with Gasteiger partial charge < -0.3 is 15.4 Å². The molecule has 120 valence electrons. The first-order valence-electron chi connectivity index (χ1n) is 7.05. The van der Waals surface area contributed by atoms with Crippen molar-refractivity contribution in [1.82, 2.24) is 10.2 Å². The predicted molar refractivity (Wildman–Crippen MR) is 86.4 cm³/mol. The Kier molecular flexibility index (Phi) is 5.24. The van der Waals surface area contributed by atoms with Gasteiger partial charge in [-0.3, -0.25) is 9.59 Å². The molecule has 0 saturated carbocycles. The molecule has 0 aliphatic heterocycles. The molecule has 0 bridgehead atoms. The molecule has 2 N–H and O–H groups in total. The maximum Gasteiger partial charge on any atom is 0.262 e. The van der Waals surface area contributed by atoms with Crippen LogP contribution in [0.3, 0.4) is 0 Å². The van der Waals surface area contributed by atoms with Gasteiger partial charge in [0.15, 0.2) is 6.61 Å². The zero-order chi connectivity index (χ0) is 16.8. The van der Waals surface area contributed by atoms with Crippen LogP contribution in [0.5, 0.6) is 5.88 Å². The second kappa shape index (κ2) is 7.35. The van der Waals surface area contributed by atoms with E-state index in [2.05, 4.69) is 20.8 Å². The summed E-state index contributed by atoms with van der Waals surface area (Å²) in [6.45, 7) is 4.98. The van der Waals surface area contributed by atoms with Crippen LogP contribution in [-0.2, 0) is 9.59 Å². The lowest BCUT2D eigenvalue weighted by Crippen LogP contribution is -2.20. The number of benzene rings is 1. The van der Waals surface area contributed by atoms with Gasteiger partial charge in [0.25, 0.3) is 5.91 Å². The SMILES string of the molecule is CC(=O)Nc1cccc(NC(=O)COc2cc(C)c(C)nn2)c1. The van der Waals surface area contributed by atoms with E-state index < -0.39 is 0 Å². The van der Waals surface area contributed by atoms with Crippen molar-refractivity contribution in [3.8, 4) is 5.88 Å². The molecule has 1 aromatic heterocycles. The van der Waals surface area contributed by atoms with Crippen LogP contribution < -0.4 is 15.4 Å². The third-order valence-electron chi connectivity index (χ3n) is 3.03. The van der Waals surface area contributed by atoms with E-state index in [-0.39, 0.29) is 18.4 Å². The van der Waals surface area contributed by atoms with E-state index in [0.717, 1.165) is 11.3 Å². The quantitative estimate of drug-likeness (QED) is 0.881. The largest absolute Gasteiger partial charge is 0.466 e. The molecule has 1 heterocycles. The van der Waals surface area contributed by atoms with Crippen molar-refractivity contribution in [3.05, 3.63) is 41.6 Å². The minimum atomic E-state index is -0.329. The Labute approximate surface area is 134 Å². The average Bonchev–Trinajstić information content (AvgIpc) is 2.48. The maximum absolute atomic E-state index is 11.9. The zero-order valence-electron chi connectivity index (χ0n) is 13.2. The van der Waals surface area contributed by atoms with Crippen molar-refractivity contribution in [2.45, 2.75) is 20.8 Å². The average molecular weight is 314 g/mol. The molecule has 0 atom stereocenters. The molecule has 0 unspecified atom stereocenters. The fourth-order valence-electron chi connectivity index (χ4n) is 1.81. The van der Waals surface area contributed by atoms with Crippen LogP contribution in [0, 0.1) is 13.8 Å². The van der Waals surface area contributed by atoms with Gasteiger partial charge in [-0.25, -0.2) is 0 Å². The Morgan fingerprint density at radius 1 is 1.09 bits per heavy atom. The number of aromatic nitrogens is 2. The molecule has 2 rings (SSSR count). The Morgan fingerprint density at radius 3 is 2.43 bits per heavy atom. The maximum atomic E-state index is 11.9. The van der Waals surface area contributed by atoms with E-state index >= 15 is 0 Å². The van der Waals surface area contributed by atoms with Crippen molar-refractivity contribution in [1.29, 1.82) is 0 Å². The van der Waals surface area contributed by atoms with Crippen LogP contribution in [0.1, 0.15) is 18.2 Å². The number of aryl methyl sites for hydroxylation is 2. The summed E-state index contributed by atoms with van der Waals surface area (Å²) in [7, 11) is 0. The number of ether oxygens (including phenoxy) is 1. The van der Waals surface area contributed by atoms with Crippen LogP contribution in [0.2, 0.25) is 0 Å². The predicted octanol–water partition coefficient (Wildman–Crippen LogP) is 2.07. The Balaban J connectivity index is 1.91. The highest BCUT2D eigenvalue weighted by molar-refractivity contribution is 5.94. The summed E-state index contributed by atoms with van der Waals surface area (Å²) in [5.74, 6) is -0.203. The smallest absolute Gasteiger partial charge is 0.262 e. The van der Waals surface area contributed by atoms with E-state index in [1.165, 1.54) is 6.92 Å². The minimum Gasteiger partial charge on any atom is -0.466 e. The highest BCUT2D eigenvalue weighted by Gasteiger charge is 2.07. The van der Waals surface area contributed by atoms with Crippen LogP contribution in [-0.4, -0.2) is 28.6 Å². The van der Waals surface area contributed by atoms with Crippen molar-refractivity contribution in [2.24, 2.45) is 0 Å². The zero-order valence-corrected chi connectivity index (χ0v) is 13.2. The molecule has 0 fully saturated rings. The Hall–Kier alpha value is -2.96. The van der Waals surface area contributed by atoms with Gasteiger partial charge in [-0.2, -0.15) is 5.10 Å². The van der Waals surface area contributed by atoms with Gasteiger partial charge in [-0.15, -0.1) is 5.10 Å². The Morgan fingerprint density at radius 2 is 1.78 bits per heavy atom. The second-order valence-corrected chi connectivity index (χ2v) is 5.05. The summed E-state index contributed by atoms with van der Waals surface area (Å²) in [5, 5.41) is 13.1. The van der Waals surface area contributed by atoms with Crippen molar-refractivity contribution in [2.75, 3.05) is 17.2 Å². The van der Waals surface area contributed by atoms with Gasteiger partial charge >= 0.3 is 0 Å². The number of carbonyl (C=O) groups excluding carboxylic acids is 2. The molecule has 0 radical (unpaired) electrons. The lowest BCUT2D eigenvalue weighted by Gasteiger charge is -2.09. The van der Waals surface area contributed by atoms with E-state index in [9.17, 15) is 9.59 Å². The molecule has 2 aromatic rings. The molecule has 2 amide bonds. The first kappa shape index (κ1) is 16.4. The lowest BCUT2D eigenvalue weighted by atomic mass is 10.2. The molecule has 0 spiro atoms. The highest BCUT2D eigenvalue weighted by Crippen LogP contribution is 2.15. The summed E-state index contributed by atoms with van der Waals surface area (Å²) in [5.41, 5.74) is 2.93. The van der Waals surface area contributed by atoms with E-state index in [4.69, 9.17) is 4.74 Å². The first-order valence-corrected chi connectivity index (χ1v) is 7.05. The summed E-state index contributed by atoms with van der Waals surface area (Å²) < 4.78 is 5.32. The van der Waals surface area contributed by atoms with Crippen LogP contribution in [0.15, 0.2) is 30.3 Å². The van der Waals surface area contributed by atoms with Crippen molar-refractivity contribution >= 4 is 23.2 Å². The van der Waals surface area contributed by atoms with E-state index in [1.54, 1.807) is 30.3 Å². The molecule has 0 aliphatic rings. The lowest BCUT2D eigenvalue weighted by molar-refractivity contribution is -0.118. The van der Waals surface area contributed by atoms with Crippen LogP contribution >= 0.6 is 0 Å². The summed E-state index contributed by atoms with van der Waals surface area (Å²) in [6.07, 6.45) is 0. The van der Waals surface area contributed by atoms with Gasteiger partial charge in [0.2, 0.25) is 11.8 Å². The van der Waals surface area contributed by atoms with Gasteiger partial charge in [-0.1, -0.05) is 6.07 Å². The number of nitrogens with zero attached hydrogens (tertiary/aromatic N) is 2. The van der Waals surface area contributed by atoms with Crippen LogP contribution in [0.25, 0.3) is 0 Å². The number of carbonyl (C=O) groups is 2. The van der Waals surface area contributed by atoms with Crippen molar-refractivity contribution in [3.63, 3.8) is 0 Å². The molecule has 0 saturated heterocycles. The summed E-state index contributed by atoms with van der Waals surface area (Å²) >= 11 is 0. The van der Waals surface area contributed by atoms with Gasteiger partial charge in [0, 0.05) is 24.4 Å². The molecular formula is C16H18N4O3. The van der Waals surface area contributed by atoms with Gasteiger partial charge in [-0.05, 0) is 37.6 Å². The van der Waals surface area contributed by atoms with E-state index in [1.807, 2.05) is 13.8 Å². The summed E-state index contributed by atoms with van der Waals surface area (Å²) in [6, 6.07) is 8.58. The normalized spacial score (nSPS) is 10.0. The van der Waals surface area contributed by atoms with Gasteiger partial charge in [0.1, 0.15) is 0 Å². The van der Waals surface area contributed by atoms with Crippen LogP contribution in [0.4, 0.5) is 11.4 Å². The highest BCUT2D eigenvalue weighted by atomic mass is 16.5. The molecular weight excluding hydrogens is 296 g/mol. The number of rotatable bonds is 5. The minimum absolute atomic E-state index is 0.176. The number of anilines is 2. The second-order valence-electron chi connectivity index (χ2n) is 5.05. The monoisotopic (exact) mass is 314 g/mol. The van der Waals surface area contributed by atoms with E-state index in [0.29, 0.717) is 17.3 Å². The fraction of sp³-hybridized carbons (Fsp3) is 0.250. The molecule has 0 aliphatic carbocycles. The third-order valence-corrected chi connectivity index (χ3v) is 3.03. The first-order chi connectivity index (χ1) is 10.9. The Bertz CT molecular complexity index is 731. The number of amides is 2.